The van der Waals surface area contributed by atoms with Gasteiger partial charge in [-0.1, -0.05) is 195 Å². The standard InChI is InChI=1S/C45H84O6/c1-7-42(46)49-37-45(8-2,38-50-43(47)35-31-27-23-19-15-11-9-13-17-21-25-29-33-40(3)4)39-51-44(48)36-32-28-24-20-16-12-10-14-18-22-26-30-34-41(5)6/h7,40-41H,1,8-39H2,2-6H3. The van der Waals surface area contributed by atoms with Crippen LogP contribution in [0.15, 0.2) is 12.7 Å². The SMILES string of the molecule is C=CC(=O)OCC(CC)(COC(=O)CCCCCCCCCCCCCCC(C)C)COC(=O)CCCCCCCCCCCCCCC(C)C. The summed E-state index contributed by atoms with van der Waals surface area (Å²) >= 11 is 0. The monoisotopic (exact) mass is 721 g/mol. The fourth-order valence-electron chi connectivity index (χ4n) is 6.51. The summed E-state index contributed by atoms with van der Waals surface area (Å²) in [5.74, 6) is 0.620. The summed E-state index contributed by atoms with van der Waals surface area (Å²) in [6, 6.07) is 0. The molecule has 0 saturated carbocycles. The summed E-state index contributed by atoms with van der Waals surface area (Å²) in [7, 11) is 0. The highest BCUT2D eigenvalue weighted by atomic mass is 16.6. The quantitative estimate of drug-likeness (QED) is 0.0273. The molecule has 6 nitrogen and oxygen atoms in total. The lowest BCUT2D eigenvalue weighted by Crippen LogP contribution is -2.39. The summed E-state index contributed by atoms with van der Waals surface area (Å²) in [6.07, 6.45) is 35.2. The van der Waals surface area contributed by atoms with Gasteiger partial charge >= 0.3 is 17.9 Å². The molecule has 0 spiro atoms. The van der Waals surface area contributed by atoms with Crippen LogP contribution in [0.25, 0.3) is 0 Å². The molecule has 0 radical (unpaired) electrons. The average Bonchev–Trinajstić information content (AvgIpc) is 3.11. The Kier molecular flexibility index (Phi) is 33.9. The van der Waals surface area contributed by atoms with Crippen molar-refractivity contribution >= 4 is 17.9 Å². The average molecular weight is 721 g/mol. The highest BCUT2D eigenvalue weighted by Crippen LogP contribution is 2.25. The van der Waals surface area contributed by atoms with Gasteiger partial charge in [-0.25, -0.2) is 4.79 Å². The van der Waals surface area contributed by atoms with Gasteiger partial charge in [-0.05, 0) is 31.1 Å². The van der Waals surface area contributed by atoms with Gasteiger partial charge in [-0.3, -0.25) is 9.59 Å². The Morgan fingerprint density at radius 1 is 0.471 bits per heavy atom. The van der Waals surface area contributed by atoms with Crippen molar-refractivity contribution in [3.63, 3.8) is 0 Å². The Labute approximate surface area is 316 Å². The van der Waals surface area contributed by atoms with Gasteiger partial charge < -0.3 is 14.2 Å². The lowest BCUT2D eigenvalue weighted by Gasteiger charge is -2.31. The molecule has 0 aliphatic carbocycles. The van der Waals surface area contributed by atoms with Gasteiger partial charge in [0, 0.05) is 18.9 Å². The summed E-state index contributed by atoms with van der Waals surface area (Å²) in [5.41, 5.74) is -0.772. The Morgan fingerprint density at radius 2 is 0.745 bits per heavy atom. The van der Waals surface area contributed by atoms with Crippen molar-refractivity contribution in [3.8, 4) is 0 Å². The Hall–Kier alpha value is -1.85. The normalized spacial score (nSPS) is 11.7. The molecule has 0 aliphatic heterocycles. The molecule has 0 unspecified atom stereocenters. The third kappa shape index (κ3) is 33.7. The fourth-order valence-corrected chi connectivity index (χ4v) is 6.51. The number of hydrogen-bond acceptors (Lipinski definition) is 6. The van der Waals surface area contributed by atoms with Crippen LogP contribution in [0, 0.1) is 17.3 Å². The molecule has 0 aromatic heterocycles. The predicted molar refractivity (Wildman–Crippen MR) is 215 cm³/mol. The second kappa shape index (κ2) is 35.2. The maximum atomic E-state index is 12.6. The minimum atomic E-state index is -0.772. The van der Waals surface area contributed by atoms with Crippen LogP contribution in [0.4, 0.5) is 0 Å². The van der Waals surface area contributed by atoms with Crippen molar-refractivity contribution in [1.82, 2.24) is 0 Å². The molecule has 0 atom stereocenters. The minimum Gasteiger partial charge on any atom is -0.465 e. The number of rotatable bonds is 38. The molecule has 300 valence electrons. The Morgan fingerprint density at radius 3 is 1.02 bits per heavy atom. The molecule has 0 saturated heterocycles. The van der Waals surface area contributed by atoms with Crippen LogP contribution in [-0.4, -0.2) is 37.7 Å². The third-order valence-corrected chi connectivity index (χ3v) is 10.3. The third-order valence-electron chi connectivity index (χ3n) is 10.3. The first-order valence-corrected chi connectivity index (χ1v) is 21.7. The van der Waals surface area contributed by atoms with Gasteiger partial charge in [-0.15, -0.1) is 0 Å². The van der Waals surface area contributed by atoms with E-state index in [1.54, 1.807) is 0 Å². The zero-order chi connectivity index (χ0) is 37.8. The number of unbranched alkanes of at least 4 members (excludes halogenated alkanes) is 22. The van der Waals surface area contributed by atoms with Crippen molar-refractivity contribution in [2.45, 2.75) is 221 Å². The minimum absolute atomic E-state index is 0.00514. The van der Waals surface area contributed by atoms with Crippen molar-refractivity contribution < 1.29 is 28.6 Å². The molecule has 0 heterocycles. The first kappa shape index (κ1) is 49.1. The largest absolute Gasteiger partial charge is 0.465 e. The van der Waals surface area contributed by atoms with Gasteiger partial charge in [0.1, 0.15) is 19.8 Å². The fraction of sp³-hybridized carbons (Fsp3) is 0.889. The van der Waals surface area contributed by atoms with E-state index in [4.69, 9.17) is 14.2 Å². The van der Waals surface area contributed by atoms with Crippen LogP contribution >= 0.6 is 0 Å². The molecule has 51 heavy (non-hydrogen) atoms. The zero-order valence-corrected chi connectivity index (χ0v) is 34.5. The van der Waals surface area contributed by atoms with Crippen molar-refractivity contribution in [2.24, 2.45) is 17.3 Å². The summed E-state index contributed by atoms with van der Waals surface area (Å²) in [6.45, 7) is 14.7. The summed E-state index contributed by atoms with van der Waals surface area (Å²) < 4.78 is 16.7. The lowest BCUT2D eigenvalue weighted by atomic mass is 9.88. The molecule has 0 rings (SSSR count). The second-order valence-electron chi connectivity index (χ2n) is 16.3. The molecule has 0 bridgehead atoms. The lowest BCUT2D eigenvalue weighted by molar-refractivity contribution is -0.160. The Balaban J connectivity index is 4.13. The van der Waals surface area contributed by atoms with E-state index in [1.807, 2.05) is 6.92 Å². The van der Waals surface area contributed by atoms with E-state index >= 15 is 0 Å². The topological polar surface area (TPSA) is 78.9 Å². The van der Waals surface area contributed by atoms with Crippen LogP contribution in [-0.2, 0) is 28.6 Å². The van der Waals surface area contributed by atoms with E-state index in [1.165, 1.54) is 128 Å². The highest BCUT2D eigenvalue weighted by molar-refractivity contribution is 5.81. The van der Waals surface area contributed by atoms with Crippen LogP contribution in [0.5, 0.6) is 0 Å². The van der Waals surface area contributed by atoms with Gasteiger partial charge in [0.05, 0.1) is 5.41 Å². The van der Waals surface area contributed by atoms with E-state index in [-0.39, 0.29) is 31.8 Å². The van der Waals surface area contributed by atoms with Gasteiger partial charge in [0.25, 0.3) is 0 Å². The van der Waals surface area contributed by atoms with Gasteiger partial charge in [0.2, 0.25) is 0 Å². The molecule has 0 amide bonds. The number of hydrogen-bond donors (Lipinski definition) is 0. The summed E-state index contributed by atoms with van der Waals surface area (Å²) in [4.78, 5) is 37.0. The van der Waals surface area contributed by atoms with E-state index < -0.39 is 11.4 Å². The van der Waals surface area contributed by atoms with E-state index in [9.17, 15) is 14.4 Å². The van der Waals surface area contributed by atoms with E-state index in [2.05, 4.69) is 34.3 Å². The molecule has 0 fully saturated rings. The van der Waals surface area contributed by atoms with Crippen LogP contribution in [0.1, 0.15) is 221 Å². The molecule has 0 aliphatic rings. The van der Waals surface area contributed by atoms with Crippen LogP contribution in [0.3, 0.4) is 0 Å². The highest BCUT2D eigenvalue weighted by Gasteiger charge is 2.34. The molecular formula is C45H84O6. The first-order chi connectivity index (χ1) is 24.6. The van der Waals surface area contributed by atoms with Crippen LogP contribution < -0.4 is 0 Å². The summed E-state index contributed by atoms with van der Waals surface area (Å²) in [5, 5.41) is 0. The van der Waals surface area contributed by atoms with Crippen molar-refractivity contribution in [2.75, 3.05) is 19.8 Å². The van der Waals surface area contributed by atoms with E-state index in [0.29, 0.717) is 19.3 Å². The van der Waals surface area contributed by atoms with E-state index in [0.717, 1.165) is 56.4 Å². The molecular weight excluding hydrogens is 636 g/mol. The number of carbonyl (C=O) groups excluding carboxylic acids is 3. The maximum Gasteiger partial charge on any atom is 0.330 e. The second-order valence-corrected chi connectivity index (χ2v) is 16.3. The van der Waals surface area contributed by atoms with Gasteiger partial charge in [-0.2, -0.15) is 0 Å². The van der Waals surface area contributed by atoms with Crippen molar-refractivity contribution in [1.29, 1.82) is 0 Å². The van der Waals surface area contributed by atoms with Crippen LogP contribution in [0.2, 0.25) is 0 Å². The maximum absolute atomic E-state index is 12.6. The molecule has 0 aromatic carbocycles. The zero-order valence-electron chi connectivity index (χ0n) is 34.5. The number of ether oxygens (including phenoxy) is 3. The number of esters is 3. The molecule has 0 aromatic rings. The smallest absolute Gasteiger partial charge is 0.330 e. The van der Waals surface area contributed by atoms with Gasteiger partial charge in [0.15, 0.2) is 0 Å². The van der Waals surface area contributed by atoms with Crippen molar-refractivity contribution in [3.05, 3.63) is 12.7 Å². The predicted octanol–water partition coefficient (Wildman–Crippen LogP) is 13.4. The molecule has 6 heteroatoms. The first-order valence-electron chi connectivity index (χ1n) is 21.7. The Bertz CT molecular complexity index is 783. The molecule has 0 N–H and O–H groups in total. The number of carbonyl (C=O) groups is 3.